The SMILES string of the molecule is C[C@H](NC(=O)C12C[C@H]3C[C@@H](CC(Cl)(C3)C1)C2)c1ccc(Cl)cc1. The summed E-state index contributed by atoms with van der Waals surface area (Å²) in [6, 6.07) is 7.71. The van der Waals surface area contributed by atoms with Crippen LogP contribution in [0.4, 0.5) is 0 Å². The fourth-order valence-corrected chi connectivity index (χ4v) is 6.42. The highest BCUT2D eigenvalue weighted by Crippen LogP contribution is 2.63. The third-order valence-electron chi connectivity index (χ3n) is 6.19. The molecule has 4 aliphatic rings. The molecule has 0 aliphatic heterocycles. The van der Waals surface area contributed by atoms with Gasteiger partial charge in [0.2, 0.25) is 5.91 Å². The summed E-state index contributed by atoms with van der Waals surface area (Å²) in [5.41, 5.74) is 0.861. The minimum absolute atomic E-state index is 0.000883. The van der Waals surface area contributed by atoms with E-state index in [1.54, 1.807) is 0 Å². The molecular weight excluding hydrogens is 329 g/mol. The van der Waals surface area contributed by atoms with E-state index in [9.17, 15) is 4.79 Å². The van der Waals surface area contributed by atoms with E-state index >= 15 is 0 Å². The van der Waals surface area contributed by atoms with Gasteiger partial charge in [-0.1, -0.05) is 23.7 Å². The molecule has 1 aromatic carbocycles. The molecule has 0 radical (unpaired) electrons. The highest BCUT2D eigenvalue weighted by Gasteiger charge is 2.60. The minimum Gasteiger partial charge on any atom is -0.349 e. The van der Waals surface area contributed by atoms with Crippen LogP contribution in [0.25, 0.3) is 0 Å². The van der Waals surface area contributed by atoms with Crippen molar-refractivity contribution in [1.29, 1.82) is 0 Å². The number of benzene rings is 1. The van der Waals surface area contributed by atoms with Crippen LogP contribution < -0.4 is 5.32 Å². The summed E-state index contributed by atoms with van der Waals surface area (Å²) in [4.78, 5) is 13.0. The summed E-state index contributed by atoms with van der Waals surface area (Å²) < 4.78 is 0. The van der Waals surface area contributed by atoms with E-state index in [1.807, 2.05) is 31.2 Å². The van der Waals surface area contributed by atoms with Crippen molar-refractivity contribution in [3.05, 3.63) is 34.9 Å². The number of nitrogens with one attached hydrogen (secondary N) is 1. The van der Waals surface area contributed by atoms with E-state index in [1.165, 1.54) is 6.42 Å². The highest BCUT2D eigenvalue weighted by atomic mass is 35.5. The average Bonchev–Trinajstić information content (AvgIpc) is 2.45. The van der Waals surface area contributed by atoms with Gasteiger partial charge in [0.15, 0.2) is 0 Å². The van der Waals surface area contributed by atoms with Crippen molar-refractivity contribution in [2.45, 2.75) is 56.4 Å². The van der Waals surface area contributed by atoms with Gasteiger partial charge < -0.3 is 5.32 Å². The van der Waals surface area contributed by atoms with Gasteiger partial charge in [-0.25, -0.2) is 0 Å². The highest BCUT2D eigenvalue weighted by molar-refractivity contribution is 6.30. The van der Waals surface area contributed by atoms with Gasteiger partial charge in [-0.05, 0) is 75.0 Å². The number of carbonyl (C=O) groups excluding carboxylic acids is 1. The van der Waals surface area contributed by atoms with Crippen LogP contribution in [-0.4, -0.2) is 10.8 Å². The van der Waals surface area contributed by atoms with E-state index in [0.29, 0.717) is 11.8 Å². The lowest BCUT2D eigenvalue weighted by molar-refractivity contribution is -0.145. The van der Waals surface area contributed by atoms with E-state index in [4.69, 9.17) is 23.2 Å². The molecular formula is C19H23Cl2NO. The Morgan fingerprint density at radius 1 is 1.17 bits per heavy atom. The Morgan fingerprint density at radius 3 is 2.35 bits per heavy atom. The van der Waals surface area contributed by atoms with E-state index < -0.39 is 0 Å². The van der Waals surface area contributed by atoms with Gasteiger partial charge in [-0.15, -0.1) is 11.6 Å². The molecule has 1 amide bonds. The lowest BCUT2D eigenvalue weighted by atomic mass is 9.49. The lowest BCUT2D eigenvalue weighted by Crippen LogP contribution is -2.58. The molecule has 1 N–H and O–H groups in total. The number of alkyl halides is 1. The Hall–Kier alpha value is -0.730. The zero-order valence-corrected chi connectivity index (χ0v) is 15.0. The second-order valence-corrected chi connectivity index (χ2v) is 9.38. The Morgan fingerprint density at radius 2 is 1.78 bits per heavy atom. The minimum atomic E-state index is -0.230. The Kier molecular flexibility index (Phi) is 3.70. The Balaban J connectivity index is 1.51. The smallest absolute Gasteiger partial charge is 0.226 e. The average molecular weight is 352 g/mol. The quantitative estimate of drug-likeness (QED) is 0.754. The molecule has 124 valence electrons. The van der Waals surface area contributed by atoms with Crippen molar-refractivity contribution < 1.29 is 4.79 Å². The van der Waals surface area contributed by atoms with Crippen LogP contribution in [0.15, 0.2) is 24.3 Å². The monoisotopic (exact) mass is 351 g/mol. The van der Waals surface area contributed by atoms with Crippen molar-refractivity contribution in [3.8, 4) is 0 Å². The summed E-state index contributed by atoms with van der Waals surface area (Å²) in [6.45, 7) is 2.04. The molecule has 0 aromatic heterocycles. The van der Waals surface area contributed by atoms with Gasteiger partial charge in [0, 0.05) is 9.90 Å². The van der Waals surface area contributed by atoms with E-state index in [2.05, 4.69) is 5.32 Å². The zero-order chi connectivity index (χ0) is 16.2. The van der Waals surface area contributed by atoms with Crippen LogP contribution in [0, 0.1) is 17.3 Å². The van der Waals surface area contributed by atoms with Gasteiger partial charge in [-0.3, -0.25) is 4.79 Å². The second kappa shape index (κ2) is 5.39. The van der Waals surface area contributed by atoms with Crippen LogP contribution in [0.2, 0.25) is 5.02 Å². The standard InChI is InChI=1S/C19H23Cl2NO/c1-12(15-2-4-16(20)5-3-15)22-17(23)18-7-13-6-14(8-18)10-19(21,9-13)11-18/h2-5,12-14H,6-11H2,1H3,(H,22,23)/t12-,13+,14+,18?,19?/m0/s1. The van der Waals surface area contributed by atoms with Crippen LogP contribution >= 0.6 is 23.2 Å². The molecule has 0 unspecified atom stereocenters. The maximum atomic E-state index is 13.1. The molecule has 23 heavy (non-hydrogen) atoms. The van der Waals surface area contributed by atoms with Gasteiger partial charge in [-0.2, -0.15) is 0 Å². The summed E-state index contributed by atoms with van der Waals surface area (Å²) in [6.07, 6.45) is 6.39. The van der Waals surface area contributed by atoms with E-state index in [0.717, 1.165) is 42.7 Å². The number of hydrogen-bond donors (Lipinski definition) is 1. The maximum absolute atomic E-state index is 13.1. The number of rotatable bonds is 3. The fourth-order valence-electron chi connectivity index (χ4n) is 5.60. The largest absolute Gasteiger partial charge is 0.349 e. The topological polar surface area (TPSA) is 29.1 Å². The molecule has 0 spiro atoms. The van der Waals surface area contributed by atoms with Crippen LogP contribution in [0.3, 0.4) is 0 Å². The third-order valence-corrected chi connectivity index (χ3v) is 6.88. The molecule has 2 nitrogen and oxygen atoms in total. The first kappa shape index (κ1) is 15.8. The zero-order valence-electron chi connectivity index (χ0n) is 13.4. The van der Waals surface area contributed by atoms with Crippen LogP contribution in [-0.2, 0) is 4.79 Å². The third kappa shape index (κ3) is 2.78. The summed E-state index contributed by atoms with van der Waals surface area (Å²) in [7, 11) is 0. The number of halogens is 2. The van der Waals surface area contributed by atoms with Gasteiger partial charge in [0.05, 0.1) is 11.5 Å². The van der Waals surface area contributed by atoms with Crippen molar-refractivity contribution in [3.63, 3.8) is 0 Å². The number of amides is 1. The van der Waals surface area contributed by atoms with Gasteiger partial charge in [0.25, 0.3) is 0 Å². The van der Waals surface area contributed by atoms with Crippen molar-refractivity contribution in [2.24, 2.45) is 17.3 Å². The molecule has 0 heterocycles. The summed E-state index contributed by atoms with van der Waals surface area (Å²) in [5.74, 6) is 1.50. The normalized spacial score (nSPS) is 39.3. The summed E-state index contributed by atoms with van der Waals surface area (Å²) in [5, 5.41) is 3.97. The molecule has 4 fully saturated rings. The predicted octanol–water partition coefficient (Wildman–Crippen LogP) is 5.10. The molecule has 4 aliphatic carbocycles. The van der Waals surface area contributed by atoms with E-state index in [-0.39, 0.29) is 22.2 Å². The van der Waals surface area contributed by atoms with Crippen LogP contribution in [0.5, 0.6) is 0 Å². The maximum Gasteiger partial charge on any atom is 0.226 e. The Bertz CT molecular complexity index is 613. The number of carbonyl (C=O) groups is 1. The molecule has 4 saturated carbocycles. The molecule has 0 saturated heterocycles. The predicted molar refractivity (Wildman–Crippen MR) is 93.7 cm³/mol. The molecule has 5 rings (SSSR count). The van der Waals surface area contributed by atoms with Crippen molar-refractivity contribution in [2.75, 3.05) is 0 Å². The van der Waals surface area contributed by atoms with Gasteiger partial charge >= 0.3 is 0 Å². The first-order valence-electron chi connectivity index (χ1n) is 8.63. The first-order chi connectivity index (χ1) is 10.9. The second-order valence-electron chi connectivity index (χ2n) is 8.14. The van der Waals surface area contributed by atoms with Gasteiger partial charge in [0.1, 0.15) is 0 Å². The van der Waals surface area contributed by atoms with Crippen molar-refractivity contribution in [1.82, 2.24) is 5.32 Å². The molecule has 4 heteroatoms. The lowest BCUT2D eigenvalue weighted by Gasteiger charge is -2.59. The first-order valence-corrected chi connectivity index (χ1v) is 9.38. The molecule has 1 aromatic rings. The number of hydrogen-bond acceptors (Lipinski definition) is 1. The van der Waals surface area contributed by atoms with Crippen LogP contribution in [0.1, 0.15) is 57.1 Å². The Labute approximate surface area is 147 Å². The molecule has 4 bridgehead atoms. The fraction of sp³-hybridized carbons (Fsp3) is 0.632. The summed E-state index contributed by atoms with van der Waals surface area (Å²) >= 11 is 12.8. The van der Waals surface area contributed by atoms with Crippen molar-refractivity contribution >= 4 is 29.1 Å². The molecule has 3 atom stereocenters.